The highest BCUT2D eigenvalue weighted by Crippen LogP contribution is 2.27. The van der Waals surface area contributed by atoms with E-state index in [4.69, 9.17) is 4.74 Å². The molecule has 0 aromatic heterocycles. The van der Waals surface area contributed by atoms with Crippen LogP contribution in [0, 0.1) is 5.92 Å². The van der Waals surface area contributed by atoms with Gasteiger partial charge in [0.2, 0.25) is 0 Å². The number of carbonyl (C=O) groups is 2. The molecule has 102 valence electrons. The second-order valence-corrected chi connectivity index (χ2v) is 5.31. The molecule has 1 unspecified atom stereocenters. The van der Waals surface area contributed by atoms with Gasteiger partial charge in [0.15, 0.2) is 0 Å². The van der Waals surface area contributed by atoms with E-state index >= 15 is 0 Å². The summed E-state index contributed by atoms with van der Waals surface area (Å²) in [6.07, 6.45) is 2.52. The summed E-state index contributed by atoms with van der Waals surface area (Å²) in [5.74, 6) is 0.676. The fraction of sp³-hybridized carbons (Fsp3) is 0.846. The number of ketones is 1. The summed E-state index contributed by atoms with van der Waals surface area (Å²) in [5, 5.41) is 0. The van der Waals surface area contributed by atoms with E-state index in [2.05, 4.69) is 0 Å². The molecule has 0 spiro atoms. The first kappa shape index (κ1) is 13.3. The van der Waals surface area contributed by atoms with E-state index in [1.54, 1.807) is 6.92 Å². The Bertz CT molecular complexity index is 326. The number of carbonyl (C=O) groups excluding carboxylic acids is 2. The van der Waals surface area contributed by atoms with Gasteiger partial charge in [0.1, 0.15) is 5.78 Å². The van der Waals surface area contributed by atoms with Gasteiger partial charge in [-0.3, -0.25) is 4.79 Å². The summed E-state index contributed by atoms with van der Waals surface area (Å²) < 4.78 is 5.37. The Morgan fingerprint density at radius 3 is 2.67 bits per heavy atom. The van der Waals surface area contributed by atoms with Crippen LogP contribution in [0.3, 0.4) is 0 Å². The van der Waals surface area contributed by atoms with E-state index in [-0.39, 0.29) is 17.9 Å². The quantitative estimate of drug-likeness (QED) is 0.755. The van der Waals surface area contributed by atoms with E-state index in [1.165, 1.54) is 0 Å². The molecule has 2 aliphatic rings. The highest BCUT2D eigenvalue weighted by molar-refractivity contribution is 5.79. The first-order valence-corrected chi connectivity index (χ1v) is 6.68. The first-order valence-electron chi connectivity index (χ1n) is 6.68. The fourth-order valence-electron chi connectivity index (χ4n) is 2.84. The third-order valence-electron chi connectivity index (χ3n) is 4.02. The molecule has 2 heterocycles. The number of hydrogen-bond acceptors (Lipinski definition) is 3. The number of nitrogens with zero attached hydrogens (tertiary/aromatic N) is 2. The topological polar surface area (TPSA) is 49.9 Å². The number of likely N-dealkylation sites (N-methyl/N-ethyl adjacent to an activating group) is 1. The predicted molar refractivity (Wildman–Crippen MR) is 67.4 cm³/mol. The molecule has 0 aromatic carbocycles. The highest BCUT2D eigenvalue weighted by atomic mass is 16.5. The number of hydrogen-bond donors (Lipinski definition) is 0. The monoisotopic (exact) mass is 254 g/mol. The van der Waals surface area contributed by atoms with Gasteiger partial charge in [0.05, 0.1) is 6.04 Å². The van der Waals surface area contributed by atoms with Crippen molar-refractivity contribution in [2.45, 2.75) is 32.2 Å². The maximum atomic E-state index is 12.1. The molecule has 0 saturated carbocycles. The molecular formula is C13H22N2O3. The van der Waals surface area contributed by atoms with Gasteiger partial charge in [0.25, 0.3) is 0 Å². The number of Topliss-reactive ketones (excluding diaryl/α,β-unsaturated/α-hetero) is 1. The minimum atomic E-state index is 0.0627. The number of rotatable bonds is 4. The lowest BCUT2D eigenvalue weighted by atomic mass is 9.91. The molecule has 18 heavy (non-hydrogen) atoms. The van der Waals surface area contributed by atoms with Crippen LogP contribution in [-0.4, -0.2) is 61.0 Å². The minimum absolute atomic E-state index is 0.0627. The van der Waals surface area contributed by atoms with Crippen molar-refractivity contribution >= 4 is 11.8 Å². The predicted octanol–water partition coefficient (Wildman–Crippen LogP) is 1.13. The maximum Gasteiger partial charge on any atom is 0.320 e. The molecule has 0 bridgehead atoms. The van der Waals surface area contributed by atoms with E-state index in [0.29, 0.717) is 18.9 Å². The largest absolute Gasteiger partial charge is 0.381 e. The zero-order valence-corrected chi connectivity index (χ0v) is 11.2. The van der Waals surface area contributed by atoms with Crippen LogP contribution < -0.4 is 0 Å². The van der Waals surface area contributed by atoms with Crippen LogP contribution in [0.5, 0.6) is 0 Å². The van der Waals surface area contributed by atoms with Gasteiger partial charge in [-0.1, -0.05) is 0 Å². The Morgan fingerprint density at radius 1 is 1.39 bits per heavy atom. The Morgan fingerprint density at radius 2 is 2.06 bits per heavy atom. The van der Waals surface area contributed by atoms with E-state index < -0.39 is 0 Å². The first-order chi connectivity index (χ1) is 8.59. The summed E-state index contributed by atoms with van der Waals surface area (Å²) in [4.78, 5) is 26.7. The Labute approximate surface area is 108 Å². The van der Waals surface area contributed by atoms with Crippen LogP contribution in [0.15, 0.2) is 0 Å². The van der Waals surface area contributed by atoms with Crippen LogP contribution in [0.2, 0.25) is 0 Å². The minimum Gasteiger partial charge on any atom is -0.381 e. The lowest BCUT2D eigenvalue weighted by molar-refractivity contribution is -0.117. The molecule has 0 aliphatic carbocycles. The third-order valence-corrected chi connectivity index (χ3v) is 4.02. The number of urea groups is 1. The molecule has 2 amide bonds. The summed E-state index contributed by atoms with van der Waals surface area (Å²) in [6.45, 7) is 4.49. The van der Waals surface area contributed by atoms with E-state index in [0.717, 1.165) is 32.6 Å². The molecule has 0 aromatic rings. The van der Waals surface area contributed by atoms with Crippen molar-refractivity contribution in [3.05, 3.63) is 0 Å². The highest BCUT2D eigenvalue weighted by Gasteiger charge is 2.39. The SMILES string of the molecule is CC(=O)CCN1CC(C2CCOCC2)N(C)C1=O. The van der Waals surface area contributed by atoms with Gasteiger partial charge in [-0.25, -0.2) is 4.79 Å². The zero-order valence-electron chi connectivity index (χ0n) is 11.2. The van der Waals surface area contributed by atoms with Gasteiger partial charge in [-0.05, 0) is 25.7 Å². The Kier molecular flexibility index (Phi) is 4.22. The van der Waals surface area contributed by atoms with Crippen molar-refractivity contribution in [1.82, 2.24) is 9.80 Å². The second kappa shape index (κ2) is 5.69. The molecule has 0 radical (unpaired) electrons. The summed E-state index contributed by atoms with van der Waals surface area (Å²) >= 11 is 0. The standard InChI is InChI=1S/C13H22N2O3/c1-10(16)3-6-15-9-12(14(2)13(15)17)11-4-7-18-8-5-11/h11-12H,3-9H2,1-2H3. The van der Waals surface area contributed by atoms with E-state index in [1.807, 2.05) is 16.8 Å². The summed E-state index contributed by atoms with van der Waals surface area (Å²) in [6, 6.07) is 0.348. The molecule has 2 fully saturated rings. The third kappa shape index (κ3) is 2.83. The fourth-order valence-corrected chi connectivity index (χ4v) is 2.84. The molecular weight excluding hydrogens is 232 g/mol. The molecule has 5 heteroatoms. The molecule has 2 saturated heterocycles. The van der Waals surface area contributed by atoms with Crippen LogP contribution in [0.4, 0.5) is 4.79 Å². The van der Waals surface area contributed by atoms with Gasteiger partial charge in [-0.2, -0.15) is 0 Å². The van der Waals surface area contributed by atoms with Crippen LogP contribution in [-0.2, 0) is 9.53 Å². The van der Waals surface area contributed by atoms with Crippen LogP contribution >= 0.6 is 0 Å². The molecule has 0 N–H and O–H groups in total. The average Bonchev–Trinajstić information content (AvgIpc) is 2.65. The average molecular weight is 254 g/mol. The maximum absolute atomic E-state index is 12.1. The van der Waals surface area contributed by atoms with Crippen molar-refractivity contribution in [3.8, 4) is 0 Å². The Hall–Kier alpha value is -1.10. The second-order valence-electron chi connectivity index (χ2n) is 5.31. The number of amides is 2. The lowest BCUT2D eigenvalue weighted by Crippen LogP contribution is -2.38. The van der Waals surface area contributed by atoms with Gasteiger partial charge in [0, 0.05) is 39.8 Å². The lowest BCUT2D eigenvalue weighted by Gasteiger charge is -2.30. The van der Waals surface area contributed by atoms with Crippen molar-refractivity contribution in [3.63, 3.8) is 0 Å². The van der Waals surface area contributed by atoms with Crippen LogP contribution in [0.1, 0.15) is 26.2 Å². The van der Waals surface area contributed by atoms with Crippen molar-refractivity contribution in [2.24, 2.45) is 5.92 Å². The molecule has 2 rings (SSSR count). The van der Waals surface area contributed by atoms with E-state index in [9.17, 15) is 9.59 Å². The van der Waals surface area contributed by atoms with Gasteiger partial charge in [-0.15, -0.1) is 0 Å². The van der Waals surface area contributed by atoms with Crippen molar-refractivity contribution < 1.29 is 14.3 Å². The van der Waals surface area contributed by atoms with Gasteiger partial charge >= 0.3 is 6.03 Å². The van der Waals surface area contributed by atoms with Crippen molar-refractivity contribution in [1.29, 1.82) is 0 Å². The number of ether oxygens (including phenoxy) is 1. The molecule has 1 atom stereocenters. The van der Waals surface area contributed by atoms with Crippen LogP contribution in [0.25, 0.3) is 0 Å². The normalized spacial score (nSPS) is 25.9. The molecule has 5 nitrogen and oxygen atoms in total. The zero-order chi connectivity index (χ0) is 13.1. The summed E-state index contributed by atoms with van der Waals surface area (Å²) in [7, 11) is 1.87. The van der Waals surface area contributed by atoms with Gasteiger partial charge < -0.3 is 14.5 Å². The Balaban J connectivity index is 1.93. The molecule has 2 aliphatic heterocycles. The smallest absolute Gasteiger partial charge is 0.320 e. The summed E-state index contributed by atoms with van der Waals surface area (Å²) in [5.41, 5.74) is 0. The van der Waals surface area contributed by atoms with Crippen molar-refractivity contribution in [2.75, 3.05) is 33.4 Å².